The van der Waals surface area contributed by atoms with Crippen molar-refractivity contribution in [3.05, 3.63) is 24.0 Å². The minimum Gasteiger partial charge on any atom is -0.505 e. The maximum absolute atomic E-state index is 12.3. The van der Waals surface area contributed by atoms with Crippen molar-refractivity contribution in [3.8, 4) is 5.75 Å². The molecule has 1 fully saturated rings. The largest absolute Gasteiger partial charge is 0.505 e. The van der Waals surface area contributed by atoms with Gasteiger partial charge in [0.05, 0.1) is 6.04 Å². The molecular weight excluding hydrogens is 232 g/mol. The molecule has 0 saturated carbocycles. The van der Waals surface area contributed by atoms with Crippen molar-refractivity contribution in [3.63, 3.8) is 0 Å². The lowest BCUT2D eigenvalue weighted by Crippen LogP contribution is -2.56. The van der Waals surface area contributed by atoms with Gasteiger partial charge >= 0.3 is 0 Å². The maximum atomic E-state index is 12.3. The zero-order valence-electron chi connectivity index (χ0n) is 10.4. The van der Waals surface area contributed by atoms with Crippen molar-refractivity contribution in [2.24, 2.45) is 5.73 Å². The lowest BCUT2D eigenvalue weighted by atomic mass is 10.1. The molecule has 1 aliphatic rings. The van der Waals surface area contributed by atoms with E-state index in [0.29, 0.717) is 13.1 Å². The molecule has 0 bridgehead atoms. The van der Waals surface area contributed by atoms with E-state index < -0.39 is 0 Å². The van der Waals surface area contributed by atoms with Gasteiger partial charge in [-0.25, -0.2) is 4.98 Å². The number of pyridine rings is 1. The molecule has 1 amide bonds. The van der Waals surface area contributed by atoms with Crippen molar-refractivity contribution in [1.82, 2.24) is 14.8 Å². The Balaban J connectivity index is 2.20. The summed E-state index contributed by atoms with van der Waals surface area (Å²) in [5, 5.41) is 9.67. The fourth-order valence-electron chi connectivity index (χ4n) is 2.18. The number of amides is 1. The van der Waals surface area contributed by atoms with Crippen LogP contribution >= 0.6 is 0 Å². The Kier molecular flexibility index (Phi) is 3.78. The van der Waals surface area contributed by atoms with Gasteiger partial charge in [0, 0.05) is 32.4 Å². The van der Waals surface area contributed by atoms with Gasteiger partial charge in [-0.15, -0.1) is 0 Å². The Morgan fingerprint density at radius 3 is 3.06 bits per heavy atom. The summed E-state index contributed by atoms with van der Waals surface area (Å²) in [6.07, 6.45) is 1.50. The molecule has 2 rings (SSSR count). The van der Waals surface area contributed by atoms with E-state index in [2.05, 4.69) is 9.88 Å². The van der Waals surface area contributed by atoms with Crippen LogP contribution in [0, 0.1) is 0 Å². The summed E-state index contributed by atoms with van der Waals surface area (Å²) >= 11 is 0. The Hall–Kier alpha value is -1.66. The van der Waals surface area contributed by atoms with Crippen molar-refractivity contribution >= 4 is 5.91 Å². The van der Waals surface area contributed by atoms with Gasteiger partial charge in [0.2, 0.25) is 0 Å². The van der Waals surface area contributed by atoms with E-state index in [-0.39, 0.29) is 23.4 Å². The van der Waals surface area contributed by atoms with Crippen LogP contribution in [0.4, 0.5) is 0 Å². The molecule has 1 aromatic heterocycles. The Bertz CT molecular complexity index is 438. The minimum absolute atomic E-state index is 0.0299. The lowest BCUT2D eigenvalue weighted by molar-refractivity contribution is 0.0507. The predicted octanol–water partition coefficient (Wildman–Crippen LogP) is -0.498. The summed E-state index contributed by atoms with van der Waals surface area (Å²) in [5.41, 5.74) is 5.80. The van der Waals surface area contributed by atoms with Crippen LogP contribution in [0.2, 0.25) is 0 Å². The fourth-order valence-corrected chi connectivity index (χ4v) is 2.18. The fraction of sp³-hybridized carbons (Fsp3) is 0.500. The van der Waals surface area contributed by atoms with Gasteiger partial charge in [0.15, 0.2) is 5.69 Å². The lowest BCUT2D eigenvalue weighted by Gasteiger charge is -2.39. The molecule has 1 aromatic rings. The molecule has 0 spiro atoms. The quantitative estimate of drug-likeness (QED) is 0.739. The number of nitrogens with two attached hydrogens (primary N) is 1. The molecule has 6 nitrogen and oxygen atoms in total. The van der Waals surface area contributed by atoms with Gasteiger partial charge in [-0.3, -0.25) is 4.79 Å². The molecule has 1 aliphatic heterocycles. The smallest absolute Gasteiger partial charge is 0.276 e. The molecule has 98 valence electrons. The van der Waals surface area contributed by atoms with Crippen LogP contribution in [0.25, 0.3) is 0 Å². The first-order chi connectivity index (χ1) is 8.63. The molecule has 0 aliphatic carbocycles. The molecule has 1 unspecified atom stereocenters. The average molecular weight is 250 g/mol. The molecule has 0 radical (unpaired) electrons. The van der Waals surface area contributed by atoms with Gasteiger partial charge in [-0.05, 0) is 19.2 Å². The second kappa shape index (κ2) is 5.32. The summed E-state index contributed by atoms with van der Waals surface area (Å²) in [6.45, 7) is 2.56. The number of piperazine rings is 1. The summed E-state index contributed by atoms with van der Waals surface area (Å²) in [6, 6.07) is 3.03. The highest BCUT2D eigenvalue weighted by Gasteiger charge is 2.30. The predicted molar refractivity (Wildman–Crippen MR) is 67.3 cm³/mol. The van der Waals surface area contributed by atoms with E-state index in [1.807, 2.05) is 7.05 Å². The van der Waals surface area contributed by atoms with E-state index in [0.717, 1.165) is 13.1 Å². The number of hydrogen-bond acceptors (Lipinski definition) is 5. The van der Waals surface area contributed by atoms with E-state index in [9.17, 15) is 9.90 Å². The summed E-state index contributed by atoms with van der Waals surface area (Å²) in [5.74, 6) is -0.339. The summed E-state index contributed by atoms with van der Waals surface area (Å²) in [4.78, 5) is 20.1. The molecule has 1 saturated heterocycles. The normalized spacial score (nSPS) is 21.0. The third-order valence-corrected chi connectivity index (χ3v) is 3.21. The third kappa shape index (κ3) is 2.44. The zero-order chi connectivity index (χ0) is 13.1. The van der Waals surface area contributed by atoms with Crippen LogP contribution in [-0.4, -0.2) is 65.1 Å². The SMILES string of the molecule is CN1CCN(C(=O)c2ncccc2O)C(CN)C1. The third-order valence-electron chi connectivity index (χ3n) is 3.21. The summed E-state index contributed by atoms with van der Waals surface area (Å²) in [7, 11) is 2.00. The van der Waals surface area contributed by atoms with E-state index in [1.54, 1.807) is 11.0 Å². The van der Waals surface area contributed by atoms with Gasteiger partial charge in [-0.2, -0.15) is 0 Å². The van der Waals surface area contributed by atoms with Crippen molar-refractivity contribution in [2.75, 3.05) is 33.2 Å². The van der Waals surface area contributed by atoms with Gasteiger partial charge in [-0.1, -0.05) is 0 Å². The van der Waals surface area contributed by atoms with Crippen LogP contribution in [0.5, 0.6) is 5.75 Å². The minimum atomic E-state index is -0.253. The highest BCUT2D eigenvalue weighted by Crippen LogP contribution is 2.18. The van der Waals surface area contributed by atoms with Crippen LogP contribution in [0.1, 0.15) is 10.5 Å². The van der Waals surface area contributed by atoms with Gasteiger partial charge in [0.1, 0.15) is 5.75 Å². The van der Waals surface area contributed by atoms with Crippen LogP contribution in [0.3, 0.4) is 0 Å². The number of carbonyl (C=O) groups is 1. The number of aromatic nitrogens is 1. The maximum Gasteiger partial charge on any atom is 0.276 e. The summed E-state index contributed by atoms with van der Waals surface area (Å²) < 4.78 is 0. The average Bonchev–Trinajstić information content (AvgIpc) is 2.38. The Labute approximate surface area is 106 Å². The van der Waals surface area contributed by atoms with Gasteiger partial charge < -0.3 is 20.6 Å². The molecular formula is C12H18N4O2. The molecule has 3 N–H and O–H groups in total. The van der Waals surface area contributed by atoms with Crippen LogP contribution < -0.4 is 5.73 Å². The molecule has 6 heteroatoms. The number of likely N-dealkylation sites (N-methyl/N-ethyl adjacent to an activating group) is 1. The van der Waals surface area contributed by atoms with E-state index in [1.165, 1.54) is 12.3 Å². The second-order valence-corrected chi connectivity index (χ2v) is 4.52. The standard InChI is InChI=1S/C12H18N4O2/c1-15-5-6-16(9(7-13)8-15)12(18)11-10(17)3-2-4-14-11/h2-4,9,17H,5-8,13H2,1H3. The van der Waals surface area contributed by atoms with E-state index in [4.69, 9.17) is 5.73 Å². The van der Waals surface area contributed by atoms with Gasteiger partial charge in [0.25, 0.3) is 5.91 Å². The first-order valence-corrected chi connectivity index (χ1v) is 5.97. The van der Waals surface area contributed by atoms with Crippen LogP contribution in [0.15, 0.2) is 18.3 Å². The molecule has 2 heterocycles. The van der Waals surface area contributed by atoms with Crippen molar-refractivity contribution < 1.29 is 9.90 Å². The van der Waals surface area contributed by atoms with Crippen LogP contribution in [-0.2, 0) is 0 Å². The molecule has 18 heavy (non-hydrogen) atoms. The molecule has 0 aromatic carbocycles. The zero-order valence-corrected chi connectivity index (χ0v) is 10.4. The highest BCUT2D eigenvalue weighted by molar-refractivity contribution is 5.95. The number of aromatic hydroxyl groups is 1. The van der Waals surface area contributed by atoms with Crippen molar-refractivity contribution in [2.45, 2.75) is 6.04 Å². The Morgan fingerprint density at radius 1 is 1.61 bits per heavy atom. The Morgan fingerprint density at radius 2 is 2.39 bits per heavy atom. The number of nitrogens with zero attached hydrogens (tertiary/aromatic N) is 3. The number of carbonyl (C=O) groups excluding carboxylic acids is 1. The highest BCUT2D eigenvalue weighted by atomic mass is 16.3. The topological polar surface area (TPSA) is 82.7 Å². The number of hydrogen-bond donors (Lipinski definition) is 2. The van der Waals surface area contributed by atoms with E-state index >= 15 is 0 Å². The first-order valence-electron chi connectivity index (χ1n) is 5.97. The second-order valence-electron chi connectivity index (χ2n) is 4.52. The van der Waals surface area contributed by atoms with Crippen molar-refractivity contribution in [1.29, 1.82) is 0 Å². The monoisotopic (exact) mass is 250 g/mol. The number of rotatable bonds is 2. The molecule has 1 atom stereocenters. The first kappa shape index (κ1) is 12.8.